The van der Waals surface area contributed by atoms with E-state index in [2.05, 4.69) is 16.3 Å². The molecule has 3 N–H and O–H groups in total. The second kappa shape index (κ2) is 12.9. The first-order chi connectivity index (χ1) is 21.9. The summed E-state index contributed by atoms with van der Waals surface area (Å²) in [6, 6.07) is 7.66. The topological polar surface area (TPSA) is 140 Å². The van der Waals surface area contributed by atoms with Crippen LogP contribution in [0.2, 0.25) is 0 Å². The summed E-state index contributed by atoms with van der Waals surface area (Å²) >= 11 is 0. The fraction of sp³-hybridized carbons (Fsp3) is 0.600. The van der Waals surface area contributed by atoms with Crippen LogP contribution in [0, 0.1) is 12.8 Å². The Hall–Kier alpha value is -3.54. The fourth-order valence-corrected chi connectivity index (χ4v) is 7.57. The molecule has 0 spiro atoms. The van der Waals surface area contributed by atoms with Crippen LogP contribution in [0.1, 0.15) is 80.9 Å². The second-order valence-electron chi connectivity index (χ2n) is 13.8. The number of piperidine rings is 1. The van der Waals surface area contributed by atoms with Crippen molar-refractivity contribution in [2.45, 2.75) is 102 Å². The fourth-order valence-electron chi connectivity index (χ4n) is 7.57. The van der Waals surface area contributed by atoms with Gasteiger partial charge in [-0.2, -0.15) is 0 Å². The molecule has 11 heteroatoms. The number of fused-ring (bicyclic) bond motifs is 3. The van der Waals surface area contributed by atoms with Crippen LogP contribution < -0.4 is 14.8 Å². The summed E-state index contributed by atoms with van der Waals surface area (Å²) in [6.07, 6.45) is 4.13. The summed E-state index contributed by atoms with van der Waals surface area (Å²) in [6.45, 7) is 7.22. The number of aryl methyl sites for hydroxylation is 1. The van der Waals surface area contributed by atoms with E-state index in [1.54, 1.807) is 33.1 Å². The Morgan fingerprint density at radius 3 is 2.61 bits per heavy atom. The Morgan fingerprint density at radius 2 is 1.89 bits per heavy atom. The first-order valence-corrected chi connectivity index (χ1v) is 16.3. The first kappa shape index (κ1) is 32.4. The van der Waals surface area contributed by atoms with Gasteiger partial charge in [0.05, 0.1) is 25.7 Å². The first-order valence-electron chi connectivity index (χ1n) is 16.3. The SMILES string of the molecule is COC1=CC2CCCN3CCc4cc5c(cc4C(C1OC(=O)C(O)(CCCC(C)(C)O)CC(=O)NCc1ccc(C)o1)C23)OCO5. The molecule has 0 saturated carbocycles. The number of ether oxygens (including phenoxy) is 4. The van der Waals surface area contributed by atoms with Crippen molar-refractivity contribution in [2.24, 2.45) is 5.92 Å². The van der Waals surface area contributed by atoms with Crippen LogP contribution >= 0.6 is 0 Å². The number of methoxy groups -OCH3 is 1. The Labute approximate surface area is 269 Å². The lowest BCUT2D eigenvalue weighted by Crippen LogP contribution is -2.55. The van der Waals surface area contributed by atoms with E-state index in [0.29, 0.717) is 41.6 Å². The van der Waals surface area contributed by atoms with Gasteiger partial charge in [0.25, 0.3) is 0 Å². The zero-order chi connectivity index (χ0) is 32.6. The molecule has 6 rings (SSSR count). The molecule has 1 fully saturated rings. The number of hydrogen-bond acceptors (Lipinski definition) is 10. The maximum atomic E-state index is 14.2. The van der Waals surface area contributed by atoms with E-state index in [1.807, 2.05) is 19.1 Å². The van der Waals surface area contributed by atoms with E-state index >= 15 is 0 Å². The summed E-state index contributed by atoms with van der Waals surface area (Å²) in [5.41, 5.74) is -1.02. The number of nitrogens with zero attached hydrogens (tertiary/aromatic N) is 1. The van der Waals surface area contributed by atoms with Crippen LogP contribution in [0.4, 0.5) is 0 Å². The van der Waals surface area contributed by atoms with Gasteiger partial charge in [0.15, 0.2) is 23.2 Å². The molecule has 5 atom stereocenters. The highest BCUT2D eigenvalue weighted by Gasteiger charge is 2.51. The van der Waals surface area contributed by atoms with Gasteiger partial charge in [-0.15, -0.1) is 0 Å². The molecule has 3 aliphatic heterocycles. The molecular formula is C35H46N2O9. The quantitative estimate of drug-likeness (QED) is 0.311. The molecule has 1 aromatic heterocycles. The van der Waals surface area contributed by atoms with E-state index in [1.165, 1.54) is 0 Å². The van der Waals surface area contributed by atoms with Crippen molar-refractivity contribution < 1.29 is 43.2 Å². The highest BCUT2D eigenvalue weighted by atomic mass is 16.7. The molecule has 4 heterocycles. The Balaban J connectivity index is 1.30. The van der Waals surface area contributed by atoms with Gasteiger partial charge in [-0.25, -0.2) is 4.79 Å². The van der Waals surface area contributed by atoms with Crippen LogP contribution in [0.5, 0.6) is 11.5 Å². The average molecular weight is 639 g/mol. The zero-order valence-electron chi connectivity index (χ0n) is 27.2. The number of carbonyl (C=O) groups excluding carboxylic acids is 2. The number of carbonyl (C=O) groups is 2. The van der Waals surface area contributed by atoms with Gasteiger partial charge in [-0.3, -0.25) is 9.69 Å². The summed E-state index contributed by atoms with van der Waals surface area (Å²) in [4.78, 5) is 29.8. The van der Waals surface area contributed by atoms with Gasteiger partial charge in [0.2, 0.25) is 12.7 Å². The highest BCUT2D eigenvalue weighted by molar-refractivity contribution is 5.88. The maximum Gasteiger partial charge on any atom is 0.339 e. The predicted octanol–water partition coefficient (Wildman–Crippen LogP) is 3.87. The molecular weight excluding hydrogens is 592 g/mol. The molecule has 4 aliphatic rings. The van der Waals surface area contributed by atoms with Crippen molar-refractivity contribution in [3.8, 4) is 11.5 Å². The molecule has 1 aliphatic carbocycles. The number of benzene rings is 1. The number of amides is 1. The minimum atomic E-state index is -2.14. The normalized spacial score (nSPS) is 25.0. The van der Waals surface area contributed by atoms with Gasteiger partial charge < -0.3 is 38.9 Å². The number of rotatable bonds is 11. The third kappa shape index (κ3) is 6.77. The van der Waals surface area contributed by atoms with Gasteiger partial charge in [0, 0.05) is 18.5 Å². The van der Waals surface area contributed by atoms with E-state index in [0.717, 1.165) is 43.5 Å². The lowest BCUT2D eigenvalue weighted by Gasteiger charge is -2.48. The maximum absolute atomic E-state index is 14.2. The molecule has 0 radical (unpaired) electrons. The number of nitrogens with one attached hydrogen (secondary N) is 1. The van der Waals surface area contributed by atoms with Crippen LogP contribution in [-0.4, -0.2) is 77.3 Å². The van der Waals surface area contributed by atoms with Crippen LogP contribution in [-0.2, 0) is 32.0 Å². The highest BCUT2D eigenvalue weighted by Crippen LogP contribution is 2.49. The summed E-state index contributed by atoms with van der Waals surface area (Å²) in [5, 5.41) is 25.0. The van der Waals surface area contributed by atoms with Crippen molar-refractivity contribution >= 4 is 11.9 Å². The Bertz CT molecular complexity index is 1480. The standard InChI is InChI=1S/C35H46N2O9/c1-21-8-9-24(45-21)19-36-29(38)18-35(41,12-6-11-34(2,3)40)33(39)46-32-28(42-4)16-23-7-5-13-37-14-10-22-15-26-27(44-20-43-26)17-25(22)30(32)31(23)37/h8-9,15-17,23,30-32,40-41H,5-7,10-14,18-20H2,1-4H3,(H,36,38). The van der Waals surface area contributed by atoms with Crippen molar-refractivity contribution in [3.05, 3.63) is 58.7 Å². The molecule has 1 amide bonds. The van der Waals surface area contributed by atoms with Gasteiger partial charge in [-0.1, -0.05) is 0 Å². The minimum absolute atomic E-state index is 0.0513. The molecule has 0 bridgehead atoms. The van der Waals surface area contributed by atoms with Crippen LogP contribution in [0.15, 0.2) is 40.5 Å². The number of esters is 1. The summed E-state index contributed by atoms with van der Waals surface area (Å²) in [7, 11) is 1.57. The summed E-state index contributed by atoms with van der Waals surface area (Å²) < 4.78 is 29.3. The monoisotopic (exact) mass is 638 g/mol. The molecule has 2 aromatic rings. The summed E-state index contributed by atoms with van der Waals surface area (Å²) in [5.74, 6) is 1.66. The average Bonchev–Trinajstić information content (AvgIpc) is 3.61. The predicted molar refractivity (Wildman–Crippen MR) is 167 cm³/mol. The molecule has 250 valence electrons. The lowest BCUT2D eigenvalue weighted by molar-refractivity contribution is -0.177. The van der Waals surface area contributed by atoms with E-state index in [9.17, 15) is 19.8 Å². The van der Waals surface area contributed by atoms with Crippen molar-refractivity contribution in [3.63, 3.8) is 0 Å². The Kier molecular flexibility index (Phi) is 9.11. The van der Waals surface area contributed by atoms with Gasteiger partial charge in [-0.05, 0) is 113 Å². The minimum Gasteiger partial charge on any atom is -0.497 e. The number of hydrogen-bond donors (Lipinski definition) is 3. The number of aliphatic hydroxyl groups is 2. The Morgan fingerprint density at radius 1 is 1.11 bits per heavy atom. The van der Waals surface area contributed by atoms with Gasteiger partial charge >= 0.3 is 5.97 Å². The number of furan rings is 1. The largest absolute Gasteiger partial charge is 0.497 e. The van der Waals surface area contributed by atoms with Crippen molar-refractivity contribution in [2.75, 3.05) is 27.0 Å². The molecule has 1 saturated heterocycles. The molecule has 46 heavy (non-hydrogen) atoms. The van der Waals surface area contributed by atoms with E-state index < -0.39 is 35.6 Å². The third-order valence-electron chi connectivity index (χ3n) is 9.80. The van der Waals surface area contributed by atoms with Crippen molar-refractivity contribution in [1.29, 1.82) is 0 Å². The molecule has 5 unspecified atom stereocenters. The van der Waals surface area contributed by atoms with Crippen LogP contribution in [0.25, 0.3) is 0 Å². The lowest BCUT2D eigenvalue weighted by atomic mass is 9.71. The third-order valence-corrected chi connectivity index (χ3v) is 9.80. The second-order valence-corrected chi connectivity index (χ2v) is 13.8. The zero-order valence-corrected chi connectivity index (χ0v) is 27.2. The molecule has 1 aromatic carbocycles. The van der Waals surface area contributed by atoms with E-state index in [4.69, 9.17) is 23.4 Å². The molecule has 11 nitrogen and oxygen atoms in total. The van der Waals surface area contributed by atoms with E-state index in [-0.39, 0.29) is 37.6 Å². The smallest absolute Gasteiger partial charge is 0.339 e. The van der Waals surface area contributed by atoms with Crippen molar-refractivity contribution in [1.82, 2.24) is 10.2 Å². The van der Waals surface area contributed by atoms with Crippen LogP contribution in [0.3, 0.4) is 0 Å². The van der Waals surface area contributed by atoms with Gasteiger partial charge in [0.1, 0.15) is 17.3 Å².